The highest BCUT2D eigenvalue weighted by molar-refractivity contribution is 7.99. The SMILES string of the molecule is CC(O)C(C)SCCC(=O)Nc1ccc(Cl)cc1N. The van der Waals surface area contributed by atoms with Gasteiger partial charge in [-0.05, 0) is 25.1 Å². The molecule has 6 heteroatoms. The van der Waals surface area contributed by atoms with Crippen molar-refractivity contribution in [1.29, 1.82) is 0 Å². The van der Waals surface area contributed by atoms with Gasteiger partial charge in [-0.1, -0.05) is 18.5 Å². The summed E-state index contributed by atoms with van der Waals surface area (Å²) in [7, 11) is 0. The summed E-state index contributed by atoms with van der Waals surface area (Å²) >= 11 is 7.35. The topological polar surface area (TPSA) is 75.3 Å². The average Bonchev–Trinajstić information content (AvgIpc) is 2.32. The highest BCUT2D eigenvalue weighted by atomic mass is 35.5. The monoisotopic (exact) mass is 302 g/mol. The van der Waals surface area contributed by atoms with E-state index in [1.807, 2.05) is 6.92 Å². The van der Waals surface area contributed by atoms with Gasteiger partial charge in [0.05, 0.1) is 17.5 Å². The molecule has 0 saturated carbocycles. The van der Waals surface area contributed by atoms with Crippen LogP contribution in [0.2, 0.25) is 5.02 Å². The Balaban J connectivity index is 2.39. The minimum absolute atomic E-state index is 0.0979. The number of amides is 1. The van der Waals surface area contributed by atoms with Crippen LogP contribution in [0, 0.1) is 0 Å². The molecule has 4 nitrogen and oxygen atoms in total. The van der Waals surface area contributed by atoms with Gasteiger partial charge in [-0.3, -0.25) is 4.79 Å². The first-order valence-corrected chi connectivity index (χ1v) is 7.47. The quantitative estimate of drug-likeness (QED) is 0.706. The molecule has 0 spiro atoms. The summed E-state index contributed by atoms with van der Waals surface area (Å²) in [5, 5.41) is 12.7. The predicted octanol–water partition coefficient (Wildman–Crippen LogP) is 2.75. The first-order valence-electron chi connectivity index (χ1n) is 6.04. The molecule has 0 aliphatic heterocycles. The molecule has 19 heavy (non-hydrogen) atoms. The summed E-state index contributed by atoms with van der Waals surface area (Å²) in [5.41, 5.74) is 6.77. The second kappa shape index (κ2) is 7.62. The zero-order valence-corrected chi connectivity index (χ0v) is 12.6. The zero-order valence-electron chi connectivity index (χ0n) is 11.0. The van der Waals surface area contributed by atoms with E-state index in [1.54, 1.807) is 36.9 Å². The number of anilines is 2. The molecule has 1 aromatic carbocycles. The minimum Gasteiger partial charge on any atom is -0.397 e. The van der Waals surface area contributed by atoms with Gasteiger partial charge in [0.2, 0.25) is 5.91 Å². The van der Waals surface area contributed by atoms with Crippen LogP contribution in [0.1, 0.15) is 20.3 Å². The molecule has 0 bridgehead atoms. The van der Waals surface area contributed by atoms with E-state index in [2.05, 4.69) is 5.32 Å². The fourth-order valence-electron chi connectivity index (χ4n) is 1.34. The van der Waals surface area contributed by atoms with Crippen molar-refractivity contribution < 1.29 is 9.90 Å². The van der Waals surface area contributed by atoms with Crippen molar-refractivity contribution in [1.82, 2.24) is 0 Å². The van der Waals surface area contributed by atoms with Crippen molar-refractivity contribution in [3.63, 3.8) is 0 Å². The van der Waals surface area contributed by atoms with Crippen molar-refractivity contribution in [2.45, 2.75) is 31.6 Å². The lowest BCUT2D eigenvalue weighted by molar-refractivity contribution is -0.115. The van der Waals surface area contributed by atoms with E-state index in [-0.39, 0.29) is 17.3 Å². The fraction of sp³-hybridized carbons (Fsp3) is 0.462. The molecule has 2 unspecified atom stereocenters. The van der Waals surface area contributed by atoms with Gasteiger partial charge in [-0.15, -0.1) is 0 Å². The Hall–Kier alpha value is -0.910. The van der Waals surface area contributed by atoms with Crippen LogP contribution in [0.15, 0.2) is 18.2 Å². The van der Waals surface area contributed by atoms with Crippen LogP contribution in [0.4, 0.5) is 11.4 Å². The van der Waals surface area contributed by atoms with Gasteiger partial charge in [0.15, 0.2) is 0 Å². The molecule has 0 saturated heterocycles. The number of benzene rings is 1. The Kier molecular flexibility index (Phi) is 6.48. The van der Waals surface area contributed by atoms with Gasteiger partial charge < -0.3 is 16.2 Å². The molecule has 0 aliphatic carbocycles. The number of nitrogens with one attached hydrogen (secondary N) is 1. The second-order valence-corrected chi connectivity index (χ2v) is 6.27. The van der Waals surface area contributed by atoms with E-state index in [0.717, 1.165) is 0 Å². The lowest BCUT2D eigenvalue weighted by Crippen LogP contribution is -2.18. The summed E-state index contributed by atoms with van der Waals surface area (Å²) < 4.78 is 0. The Morgan fingerprint density at radius 2 is 2.21 bits per heavy atom. The molecular weight excluding hydrogens is 284 g/mol. The summed E-state index contributed by atoms with van der Waals surface area (Å²) in [4.78, 5) is 11.7. The molecule has 0 fully saturated rings. The third-order valence-corrected chi connectivity index (χ3v) is 4.27. The van der Waals surface area contributed by atoms with Gasteiger partial charge >= 0.3 is 0 Å². The molecule has 1 amide bonds. The summed E-state index contributed by atoms with van der Waals surface area (Å²) in [6.07, 6.45) is 0.00374. The van der Waals surface area contributed by atoms with E-state index in [0.29, 0.717) is 28.6 Å². The van der Waals surface area contributed by atoms with E-state index < -0.39 is 0 Å². The number of halogens is 1. The highest BCUT2D eigenvalue weighted by Gasteiger charge is 2.11. The number of aliphatic hydroxyl groups is 1. The maximum atomic E-state index is 11.7. The number of aliphatic hydroxyl groups excluding tert-OH is 1. The third-order valence-electron chi connectivity index (χ3n) is 2.68. The largest absolute Gasteiger partial charge is 0.397 e. The van der Waals surface area contributed by atoms with Gasteiger partial charge in [0, 0.05) is 22.4 Å². The van der Waals surface area contributed by atoms with Crippen LogP contribution in [0.25, 0.3) is 0 Å². The predicted molar refractivity (Wildman–Crippen MR) is 82.7 cm³/mol. The minimum atomic E-state index is -0.375. The first kappa shape index (κ1) is 16.1. The lowest BCUT2D eigenvalue weighted by Gasteiger charge is -2.14. The summed E-state index contributed by atoms with van der Waals surface area (Å²) in [6, 6.07) is 4.96. The van der Waals surface area contributed by atoms with Gasteiger partial charge in [-0.2, -0.15) is 11.8 Å². The normalized spacial score (nSPS) is 13.9. The second-order valence-electron chi connectivity index (χ2n) is 4.35. The maximum absolute atomic E-state index is 11.7. The van der Waals surface area contributed by atoms with E-state index in [9.17, 15) is 9.90 Å². The molecule has 4 N–H and O–H groups in total. The van der Waals surface area contributed by atoms with Crippen LogP contribution in [0.3, 0.4) is 0 Å². The lowest BCUT2D eigenvalue weighted by atomic mass is 10.2. The molecule has 1 aromatic rings. The smallest absolute Gasteiger partial charge is 0.225 e. The number of carbonyl (C=O) groups excluding carboxylic acids is 1. The summed E-state index contributed by atoms with van der Waals surface area (Å²) in [6.45, 7) is 3.68. The molecule has 0 aromatic heterocycles. The number of hydrogen-bond donors (Lipinski definition) is 3. The maximum Gasteiger partial charge on any atom is 0.225 e. The number of thioether (sulfide) groups is 1. The number of rotatable bonds is 6. The Morgan fingerprint density at radius 1 is 1.53 bits per heavy atom. The fourth-order valence-corrected chi connectivity index (χ4v) is 2.47. The zero-order chi connectivity index (χ0) is 14.4. The summed E-state index contributed by atoms with van der Waals surface area (Å²) in [5.74, 6) is 0.560. The van der Waals surface area contributed by atoms with Gasteiger partial charge in [-0.25, -0.2) is 0 Å². The molecule has 1 rings (SSSR count). The molecule has 0 heterocycles. The Morgan fingerprint density at radius 3 is 2.79 bits per heavy atom. The number of nitrogen functional groups attached to an aromatic ring is 1. The first-order chi connectivity index (χ1) is 8.90. The molecule has 106 valence electrons. The number of nitrogens with two attached hydrogens (primary N) is 1. The molecular formula is C13H19ClN2O2S. The van der Waals surface area contributed by atoms with Crippen LogP contribution in [-0.2, 0) is 4.79 Å². The van der Waals surface area contributed by atoms with Crippen LogP contribution >= 0.6 is 23.4 Å². The van der Waals surface area contributed by atoms with E-state index in [1.165, 1.54) is 0 Å². The van der Waals surface area contributed by atoms with E-state index in [4.69, 9.17) is 17.3 Å². The standard InChI is InChI=1S/C13H19ClN2O2S/c1-8(17)9(2)19-6-5-13(18)16-12-4-3-10(14)7-11(12)15/h3-4,7-9,17H,5-6,15H2,1-2H3,(H,16,18). The number of carbonyl (C=O) groups is 1. The van der Waals surface area contributed by atoms with Crippen molar-refractivity contribution in [3.05, 3.63) is 23.2 Å². The molecule has 0 aliphatic rings. The number of hydrogen-bond acceptors (Lipinski definition) is 4. The van der Waals surface area contributed by atoms with Gasteiger partial charge in [0.1, 0.15) is 0 Å². The molecule has 0 radical (unpaired) electrons. The van der Waals surface area contributed by atoms with Crippen LogP contribution in [0.5, 0.6) is 0 Å². The Labute approximate surface area is 122 Å². The molecule has 2 atom stereocenters. The van der Waals surface area contributed by atoms with Crippen molar-refractivity contribution in [3.8, 4) is 0 Å². The van der Waals surface area contributed by atoms with Crippen LogP contribution in [-0.4, -0.2) is 28.1 Å². The highest BCUT2D eigenvalue weighted by Crippen LogP contribution is 2.23. The Bertz CT molecular complexity index is 441. The third kappa shape index (κ3) is 5.72. The van der Waals surface area contributed by atoms with Crippen molar-refractivity contribution in [2.24, 2.45) is 0 Å². The van der Waals surface area contributed by atoms with Gasteiger partial charge in [0.25, 0.3) is 0 Å². The average molecular weight is 303 g/mol. The van der Waals surface area contributed by atoms with E-state index >= 15 is 0 Å². The van der Waals surface area contributed by atoms with Crippen molar-refractivity contribution >= 4 is 40.6 Å². The van der Waals surface area contributed by atoms with Crippen molar-refractivity contribution in [2.75, 3.05) is 16.8 Å². The van der Waals surface area contributed by atoms with Crippen LogP contribution < -0.4 is 11.1 Å².